The van der Waals surface area contributed by atoms with Crippen molar-refractivity contribution in [1.82, 2.24) is 0 Å². The first-order chi connectivity index (χ1) is 9.63. The van der Waals surface area contributed by atoms with Gasteiger partial charge in [0.05, 0.1) is 32.1 Å². The normalized spacial score (nSPS) is 10.2. The summed E-state index contributed by atoms with van der Waals surface area (Å²) in [6.07, 6.45) is 0.646. The number of anilines is 1. The van der Waals surface area contributed by atoms with Gasteiger partial charge in [0.15, 0.2) is 11.5 Å². The van der Waals surface area contributed by atoms with Crippen molar-refractivity contribution in [3.8, 4) is 11.5 Å². The fraction of sp³-hybridized carbons (Fsp3) is 0.500. The van der Waals surface area contributed by atoms with E-state index in [9.17, 15) is 4.79 Å². The van der Waals surface area contributed by atoms with E-state index in [2.05, 4.69) is 0 Å². The van der Waals surface area contributed by atoms with Gasteiger partial charge in [0.25, 0.3) is 0 Å². The van der Waals surface area contributed by atoms with Crippen LogP contribution < -0.4 is 15.2 Å². The number of rotatable bonds is 8. The molecule has 1 aromatic rings. The zero-order chi connectivity index (χ0) is 15.0. The number of nitrogens with two attached hydrogens (primary N) is 1. The Morgan fingerprint density at radius 2 is 1.80 bits per heavy atom. The summed E-state index contributed by atoms with van der Waals surface area (Å²) in [5.41, 5.74) is 6.36. The maximum Gasteiger partial charge on any atom is 0.340 e. The van der Waals surface area contributed by atoms with E-state index < -0.39 is 5.97 Å². The first-order valence-electron chi connectivity index (χ1n) is 6.40. The Labute approximate surface area is 118 Å². The van der Waals surface area contributed by atoms with E-state index in [0.29, 0.717) is 31.1 Å². The molecule has 1 rings (SSSR count). The predicted molar refractivity (Wildman–Crippen MR) is 75.4 cm³/mol. The van der Waals surface area contributed by atoms with Gasteiger partial charge >= 0.3 is 5.97 Å². The number of nitrogen functional groups attached to an aromatic ring is 1. The van der Waals surface area contributed by atoms with Crippen LogP contribution in [0.15, 0.2) is 12.1 Å². The molecule has 0 aliphatic carbocycles. The zero-order valence-electron chi connectivity index (χ0n) is 12.1. The van der Waals surface area contributed by atoms with Crippen molar-refractivity contribution in [2.24, 2.45) is 0 Å². The van der Waals surface area contributed by atoms with Gasteiger partial charge in [-0.15, -0.1) is 0 Å². The summed E-state index contributed by atoms with van der Waals surface area (Å²) in [7, 11) is 2.99. The SMILES string of the molecule is CCOCCCOC(=O)c1cc(OC)c(OC)cc1N. The highest BCUT2D eigenvalue weighted by molar-refractivity contribution is 5.96. The van der Waals surface area contributed by atoms with E-state index in [0.717, 1.165) is 0 Å². The lowest BCUT2D eigenvalue weighted by Gasteiger charge is -2.12. The van der Waals surface area contributed by atoms with Crippen molar-refractivity contribution >= 4 is 11.7 Å². The van der Waals surface area contributed by atoms with E-state index in [-0.39, 0.29) is 17.9 Å². The lowest BCUT2D eigenvalue weighted by Crippen LogP contribution is -2.11. The molecule has 0 heterocycles. The average Bonchev–Trinajstić information content (AvgIpc) is 2.46. The summed E-state index contributed by atoms with van der Waals surface area (Å²) in [6, 6.07) is 3.05. The number of methoxy groups -OCH3 is 2. The van der Waals surface area contributed by atoms with Crippen molar-refractivity contribution in [2.75, 3.05) is 39.8 Å². The Kier molecular flexibility index (Phi) is 6.66. The molecule has 0 atom stereocenters. The molecule has 0 amide bonds. The molecule has 6 nitrogen and oxygen atoms in total. The monoisotopic (exact) mass is 283 g/mol. The van der Waals surface area contributed by atoms with Crippen LogP contribution in [0.3, 0.4) is 0 Å². The van der Waals surface area contributed by atoms with E-state index in [1.54, 1.807) is 0 Å². The van der Waals surface area contributed by atoms with E-state index in [4.69, 9.17) is 24.7 Å². The van der Waals surface area contributed by atoms with Crippen molar-refractivity contribution in [2.45, 2.75) is 13.3 Å². The average molecular weight is 283 g/mol. The molecular weight excluding hydrogens is 262 g/mol. The van der Waals surface area contributed by atoms with Gasteiger partial charge < -0.3 is 24.7 Å². The second kappa shape index (κ2) is 8.27. The van der Waals surface area contributed by atoms with Crippen LogP contribution in [0.1, 0.15) is 23.7 Å². The summed E-state index contributed by atoms with van der Waals surface area (Å²) >= 11 is 0. The van der Waals surface area contributed by atoms with Crippen LogP contribution in [0.5, 0.6) is 11.5 Å². The Bertz CT molecular complexity index is 447. The second-order valence-electron chi connectivity index (χ2n) is 3.98. The Balaban J connectivity index is 2.68. The highest BCUT2D eigenvalue weighted by Crippen LogP contribution is 2.32. The molecule has 0 unspecified atom stereocenters. The van der Waals surface area contributed by atoms with Crippen LogP contribution >= 0.6 is 0 Å². The largest absolute Gasteiger partial charge is 0.493 e. The van der Waals surface area contributed by atoms with Gasteiger partial charge in [-0.05, 0) is 6.92 Å². The highest BCUT2D eigenvalue weighted by Gasteiger charge is 2.16. The number of hydrogen-bond donors (Lipinski definition) is 1. The fourth-order valence-corrected chi connectivity index (χ4v) is 1.62. The van der Waals surface area contributed by atoms with Crippen LogP contribution in [0, 0.1) is 0 Å². The van der Waals surface area contributed by atoms with E-state index >= 15 is 0 Å². The van der Waals surface area contributed by atoms with Crippen molar-refractivity contribution in [1.29, 1.82) is 0 Å². The minimum Gasteiger partial charge on any atom is -0.493 e. The third-order valence-electron chi connectivity index (χ3n) is 2.65. The third kappa shape index (κ3) is 4.31. The van der Waals surface area contributed by atoms with Crippen molar-refractivity contribution in [3.05, 3.63) is 17.7 Å². The lowest BCUT2D eigenvalue weighted by atomic mass is 10.1. The van der Waals surface area contributed by atoms with Gasteiger partial charge in [-0.3, -0.25) is 0 Å². The number of hydrogen-bond acceptors (Lipinski definition) is 6. The molecular formula is C14H21NO5. The molecule has 0 spiro atoms. The van der Waals surface area contributed by atoms with Crippen LogP contribution in [-0.4, -0.2) is 40.0 Å². The van der Waals surface area contributed by atoms with Crippen LogP contribution in [0.25, 0.3) is 0 Å². The highest BCUT2D eigenvalue weighted by atomic mass is 16.5. The Morgan fingerprint density at radius 3 is 2.40 bits per heavy atom. The van der Waals surface area contributed by atoms with Gasteiger partial charge in [0, 0.05) is 31.8 Å². The number of ether oxygens (including phenoxy) is 4. The Morgan fingerprint density at radius 1 is 1.15 bits per heavy atom. The summed E-state index contributed by atoms with van der Waals surface area (Å²) < 4.78 is 20.5. The second-order valence-corrected chi connectivity index (χ2v) is 3.98. The van der Waals surface area contributed by atoms with Gasteiger partial charge in [-0.1, -0.05) is 0 Å². The molecule has 0 saturated carbocycles. The molecule has 1 aromatic carbocycles. The summed E-state index contributed by atoms with van der Waals surface area (Å²) in [5.74, 6) is 0.417. The maximum absolute atomic E-state index is 11.9. The minimum absolute atomic E-state index is 0.263. The molecule has 20 heavy (non-hydrogen) atoms. The number of esters is 1. The maximum atomic E-state index is 11.9. The molecule has 0 aliphatic heterocycles. The summed E-state index contributed by atoms with van der Waals surface area (Å²) in [6.45, 7) is 3.41. The quantitative estimate of drug-likeness (QED) is 0.445. The smallest absolute Gasteiger partial charge is 0.340 e. The standard InChI is InChI=1S/C14H21NO5/c1-4-19-6-5-7-20-14(16)10-8-12(17-2)13(18-3)9-11(10)15/h8-9H,4-7,15H2,1-3H3. The number of benzene rings is 1. The number of carbonyl (C=O) groups is 1. The van der Waals surface area contributed by atoms with E-state index in [1.165, 1.54) is 26.4 Å². The van der Waals surface area contributed by atoms with Gasteiger partial charge in [-0.2, -0.15) is 0 Å². The Hall–Kier alpha value is -1.95. The first kappa shape index (κ1) is 16.1. The van der Waals surface area contributed by atoms with Crippen molar-refractivity contribution < 1.29 is 23.7 Å². The fourth-order valence-electron chi connectivity index (χ4n) is 1.62. The molecule has 0 aliphatic rings. The van der Waals surface area contributed by atoms with Gasteiger partial charge in [0.1, 0.15) is 0 Å². The lowest BCUT2D eigenvalue weighted by molar-refractivity contribution is 0.0453. The number of carbonyl (C=O) groups excluding carboxylic acids is 1. The van der Waals surface area contributed by atoms with Crippen LogP contribution in [-0.2, 0) is 9.47 Å². The molecule has 0 fully saturated rings. The molecule has 0 bridgehead atoms. The molecule has 0 saturated heterocycles. The van der Waals surface area contributed by atoms with Gasteiger partial charge in [-0.25, -0.2) is 4.79 Å². The molecule has 6 heteroatoms. The molecule has 0 radical (unpaired) electrons. The topological polar surface area (TPSA) is 80.0 Å². The van der Waals surface area contributed by atoms with Gasteiger partial charge in [0.2, 0.25) is 0 Å². The molecule has 112 valence electrons. The minimum atomic E-state index is -0.486. The van der Waals surface area contributed by atoms with Crippen LogP contribution in [0.2, 0.25) is 0 Å². The van der Waals surface area contributed by atoms with Crippen molar-refractivity contribution in [3.63, 3.8) is 0 Å². The summed E-state index contributed by atoms with van der Waals surface area (Å²) in [5, 5.41) is 0. The predicted octanol–water partition coefficient (Wildman–Crippen LogP) is 1.87. The zero-order valence-corrected chi connectivity index (χ0v) is 12.1. The van der Waals surface area contributed by atoms with E-state index in [1.807, 2.05) is 6.92 Å². The third-order valence-corrected chi connectivity index (χ3v) is 2.65. The first-order valence-corrected chi connectivity index (χ1v) is 6.40. The summed E-state index contributed by atoms with van der Waals surface area (Å²) in [4.78, 5) is 11.9. The molecule has 0 aromatic heterocycles. The van der Waals surface area contributed by atoms with Crippen LogP contribution in [0.4, 0.5) is 5.69 Å². The molecule has 2 N–H and O–H groups in total.